The molecule has 100 valence electrons. The van der Waals surface area contributed by atoms with Crippen LogP contribution in [0.25, 0.3) is 0 Å². The summed E-state index contributed by atoms with van der Waals surface area (Å²) >= 11 is 3.46. The van der Waals surface area contributed by atoms with Gasteiger partial charge in [0.2, 0.25) is 0 Å². The standard InChI is InChI=1S/C15H17BrN2O/c1-17-15(12-8-13(16)10-18-9-12)7-11-4-3-5-14(6-11)19-2/h3-6,8-10,15,17H,7H2,1-2H3. The van der Waals surface area contributed by atoms with Crippen molar-refractivity contribution in [3.8, 4) is 5.75 Å². The SMILES string of the molecule is CNC(Cc1cccc(OC)c1)c1cncc(Br)c1. The Morgan fingerprint density at radius 1 is 1.32 bits per heavy atom. The third-order valence-corrected chi connectivity index (χ3v) is 3.48. The maximum absolute atomic E-state index is 5.25. The van der Waals surface area contributed by atoms with Gasteiger partial charge in [-0.3, -0.25) is 4.98 Å². The van der Waals surface area contributed by atoms with E-state index in [-0.39, 0.29) is 6.04 Å². The minimum absolute atomic E-state index is 0.233. The molecule has 0 aliphatic rings. The topological polar surface area (TPSA) is 34.1 Å². The first-order chi connectivity index (χ1) is 9.22. The number of hydrogen-bond donors (Lipinski definition) is 1. The summed E-state index contributed by atoms with van der Waals surface area (Å²) in [6, 6.07) is 10.5. The summed E-state index contributed by atoms with van der Waals surface area (Å²) < 4.78 is 6.25. The van der Waals surface area contributed by atoms with Crippen molar-refractivity contribution in [1.29, 1.82) is 0 Å². The molecule has 0 fully saturated rings. The largest absolute Gasteiger partial charge is 0.497 e. The van der Waals surface area contributed by atoms with Gasteiger partial charge < -0.3 is 10.1 Å². The molecule has 1 atom stereocenters. The molecule has 1 aromatic heterocycles. The zero-order valence-electron chi connectivity index (χ0n) is 11.1. The van der Waals surface area contributed by atoms with Crippen molar-refractivity contribution in [3.63, 3.8) is 0 Å². The first kappa shape index (κ1) is 14.0. The molecule has 0 amide bonds. The first-order valence-corrected chi connectivity index (χ1v) is 6.93. The van der Waals surface area contributed by atoms with E-state index in [1.807, 2.05) is 25.4 Å². The maximum Gasteiger partial charge on any atom is 0.119 e. The molecule has 19 heavy (non-hydrogen) atoms. The van der Waals surface area contributed by atoms with Gasteiger partial charge in [0.1, 0.15) is 5.75 Å². The van der Waals surface area contributed by atoms with Gasteiger partial charge in [0.25, 0.3) is 0 Å². The number of halogens is 1. The third-order valence-electron chi connectivity index (χ3n) is 3.05. The zero-order chi connectivity index (χ0) is 13.7. The van der Waals surface area contributed by atoms with Crippen LogP contribution in [0.2, 0.25) is 0 Å². The number of ether oxygens (including phenoxy) is 1. The fraction of sp³-hybridized carbons (Fsp3) is 0.267. The summed E-state index contributed by atoms with van der Waals surface area (Å²) in [5, 5.41) is 3.33. The Labute approximate surface area is 122 Å². The van der Waals surface area contributed by atoms with E-state index in [0.29, 0.717) is 0 Å². The lowest BCUT2D eigenvalue weighted by Gasteiger charge is -2.17. The van der Waals surface area contributed by atoms with E-state index in [1.54, 1.807) is 13.3 Å². The van der Waals surface area contributed by atoms with Crippen LogP contribution in [0.15, 0.2) is 47.2 Å². The fourth-order valence-electron chi connectivity index (χ4n) is 2.04. The Balaban J connectivity index is 2.18. The molecule has 0 aliphatic heterocycles. The van der Waals surface area contributed by atoms with E-state index in [0.717, 1.165) is 16.6 Å². The number of benzene rings is 1. The van der Waals surface area contributed by atoms with Crippen molar-refractivity contribution in [1.82, 2.24) is 10.3 Å². The monoisotopic (exact) mass is 320 g/mol. The average molecular weight is 321 g/mol. The lowest BCUT2D eigenvalue weighted by atomic mass is 10.0. The quantitative estimate of drug-likeness (QED) is 0.917. The second-order valence-corrected chi connectivity index (χ2v) is 5.25. The number of methoxy groups -OCH3 is 1. The van der Waals surface area contributed by atoms with Crippen molar-refractivity contribution in [2.45, 2.75) is 12.5 Å². The van der Waals surface area contributed by atoms with Crippen LogP contribution < -0.4 is 10.1 Å². The Hall–Kier alpha value is -1.39. The fourth-order valence-corrected chi connectivity index (χ4v) is 2.42. The molecule has 2 aromatic rings. The summed E-state index contributed by atoms with van der Waals surface area (Å²) in [7, 11) is 3.65. The van der Waals surface area contributed by atoms with Crippen LogP contribution in [0.3, 0.4) is 0 Å². The third kappa shape index (κ3) is 3.78. The van der Waals surface area contributed by atoms with Crippen LogP contribution in [0.1, 0.15) is 17.2 Å². The van der Waals surface area contributed by atoms with Gasteiger partial charge in [-0.05, 0) is 58.7 Å². The average Bonchev–Trinajstić information content (AvgIpc) is 2.45. The van der Waals surface area contributed by atoms with Crippen molar-refractivity contribution in [3.05, 3.63) is 58.3 Å². The number of aromatic nitrogens is 1. The molecule has 2 rings (SSSR count). The van der Waals surface area contributed by atoms with Crippen molar-refractivity contribution >= 4 is 15.9 Å². The predicted octanol–water partition coefficient (Wildman–Crippen LogP) is 3.36. The van der Waals surface area contributed by atoms with Gasteiger partial charge in [0.05, 0.1) is 7.11 Å². The van der Waals surface area contributed by atoms with Gasteiger partial charge in [-0.25, -0.2) is 0 Å². The van der Waals surface area contributed by atoms with E-state index in [9.17, 15) is 0 Å². The molecule has 0 spiro atoms. The highest BCUT2D eigenvalue weighted by molar-refractivity contribution is 9.10. The van der Waals surface area contributed by atoms with Crippen LogP contribution in [-0.4, -0.2) is 19.1 Å². The number of nitrogens with zero attached hydrogens (tertiary/aromatic N) is 1. The number of rotatable bonds is 5. The molecule has 0 saturated carbocycles. The molecule has 3 nitrogen and oxygen atoms in total. The van der Waals surface area contributed by atoms with Gasteiger partial charge in [-0.15, -0.1) is 0 Å². The van der Waals surface area contributed by atoms with Gasteiger partial charge in [0, 0.05) is 22.9 Å². The zero-order valence-corrected chi connectivity index (χ0v) is 12.6. The minimum Gasteiger partial charge on any atom is -0.497 e. The van der Waals surface area contributed by atoms with Crippen molar-refractivity contribution < 1.29 is 4.74 Å². The molecule has 1 N–H and O–H groups in total. The molecule has 0 saturated heterocycles. The van der Waals surface area contributed by atoms with Gasteiger partial charge in [-0.2, -0.15) is 0 Å². The number of likely N-dealkylation sites (N-methyl/N-ethyl adjacent to an activating group) is 1. The molecule has 0 radical (unpaired) electrons. The van der Waals surface area contributed by atoms with Crippen molar-refractivity contribution in [2.75, 3.05) is 14.2 Å². The van der Waals surface area contributed by atoms with E-state index < -0.39 is 0 Å². The summed E-state index contributed by atoms with van der Waals surface area (Å²) in [6.45, 7) is 0. The Morgan fingerprint density at radius 2 is 2.16 bits per heavy atom. The van der Waals surface area contributed by atoms with Crippen LogP contribution in [0.5, 0.6) is 5.75 Å². The van der Waals surface area contributed by atoms with E-state index in [4.69, 9.17) is 4.74 Å². The summed E-state index contributed by atoms with van der Waals surface area (Å²) in [6.07, 6.45) is 4.58. The van der Waals surface area contributed by atoms with Gasteiger partial charge in [0.15, 0.2) is 0 Å². The normalized spacial score (nSPS) is 12.2. The van der Waals surface area contributed by atoms with Gasteiger partial charge in [-0.1, -0.05) is 12.1 Å². The smallest absolute Gasteiger partial charge is 0.119 e. The minimum atomic E-state index is 0.233. The second-order valence-electron chi connectivity index (χ2n) is 4.33. The summed E-state index contributed by atoms with van der Waals surface area (Å²) in [5.41, 5.74) is 2.40. The van der Waals surface area contributed by atoms with Crippen molar-refractivity contribution in [2.24, 2.45) is 0 Å². The summed E-state index contributed by atoms with van der Waals surface area (Å²) in [4.78, 5) is 4.22. The number of hydrogen-bond acceptors (Lipinski definition) is 3. The highest BCUT2D eigenvalue weighted by atomic mass is 79.9. The van der Waals surface area contributed by atoms with Crippen LogP contribution >= 0.6 is 15.9 Å². The highest BCUT2D eigenvalue weighted by Gasteiger charge is 2.11. The number of pyridine rings is 1. The van der Waals surface area contributed by atoms with Crippen LogP contribution in [0.4, 0.5) is 0 Å². The molecule has 0 aliphatic carbocycles. The van der Waals surface area contributed by atoms with E-state index >= 15 is 0 Å². The maximum atomic E-state index is 5.25. The Kier molecular flexibility index (Phi) is 4.93. The van der Waals surface area contributed by atoms with Crippen LogP contribution in [-0.2, 0) is 6.42 Å². The molecular formula is C15H17BrN2O. The molecule has 1 heterocycles. The predicted molar refractivity (Wildman–Crippen MR) is 80.4 cm³/mol. The Morgan fingerprint density at radius 3 is 2.84 bits per heavy atom. The highest BCUT2D eigenvalue weighted by Crippen LogP contribution is 2.22. The molecule has 0 bridgehead atoms. The molecule has 1 aromatic carbocycles. The molecular weight excluding hydrogens is 304 g/mol. The van der Waals surface area contributed by atoms with E-state index in [1.165, 1.54) is 11.1 Å². The lowest BCUT2D eigenvalue weighted by molar-refractivity contribution is 0.414. The van der Waals surface area contributed by atoms with Gasteiger partial charge >= 0.3 is 0 Å². The number of nitrogens with one attached hydrogen (secondary N) is 1. The molecule has 1 unspecified atom stereocenters. The Bertz CT molecular complexity index is 545. The lowest BCUT2D eigenvalue weighted by Crippen LogP contribution is -2.19. The van der Waals surface area contributed by atoms with Crippen LogP contribution in [0, 0.1) is 0 Å². The summed E-state index contributed by atoms with van der Waals surface area (Å²) in [5.74, 6) is 0.889. The van der Waals surface area contributed by atoms with E-state index in [2.05, 4.69) is 44.4 Å². The first-order valence-electron chi connectivity index (χ1n) is 6.13. The molecule has 4 heteroatoms. The second kappa shape index (κ2) is 6.68.